The maximum Gasteiger partial charge on any atom is 0.573 e. The molecule has 0 radical (unpaired) electrons. The second-order valence-electron chi connectivity index (χ2n) is 5.25. The van der Waals surface area contributed by atoms with E-state index in [1.54, 1.807) is 54.5 Å². The molecule has 124 valence electrons. The van der Waals surface area contributed by atoms with Crippen molar-refractivity contribution in [3.63, 3.8) is 0 Å². The first-order chi connectivity index (χ1) is 11.3. The molecule has 0 aliphatic heterocycles. The first-order valence-electron chi connectivity index (χ1n) is 7.07. The summed E-state index contributed by atoms with van der Waals surface area (Å²) in [5.41, 5.74) is 8.39. The Morgan fingerprint density at radius 1 is 1.04 bits per heavy atom. The summed E-state index contributed by atoms with van der Waals surface area (Å²) in [6, 6.07) is 11.1. The highest BCUT2D eigenvalue weighted by Crippen LogP contribution is 2.41. The zero-order valence-corrected chi connectivity index (χ0v) is 12.7. The average Bonchev–Trinajstić information content (AvgIpc) is 2.93. The second kappa shape index (κ2) is 5.92. The summed E-state index contributed by atoms with van der Waals surface area (Å²) in [6.45, 7) is 0. The van der Waals surface area contributed by atoms with E-state index in [1.165, 1.54) is 12.1 Å². The van der Waals surface area contributed by atoms with E-state index in [2.05, 4.69) is 9.84 Å². The summed E-state index contributed by atoms with van der Waals surface area (Å²) in [7, 11) is 1.74. The molecular formula is C17H14F3N3O. The number of benzene rings is 2. The third kappa shape index (κ3) is 3.34. The van der Waals surface area contributed by atoms with Crippen molar-refractivity contribution in [1.29, 1.82) is 0 Å². The van der Waals surface area contributed by atoms with E-state index in [-0.39, 0.29) is 5.75 Å². The molecule has 24 heavy (non-hydrogen) atoms. The van der Waals surface area contributed by atoms with E-state index >= 15 is 0 Å². The molecule has 3 aromatic rings. The van der Waals surface area contributed by atoms with Gasteiger partial charge in [-0.05, 0) is 29.3 Å². The third-order valence-corrected chi connectivity index (χ3v) is 3.47. The van der Waals surface area contributed by atoms with E-state index < -0.39 is 6.36 Å². The Bertz CT molecular complexity index is 854. The van der Waals surface area contributed by atoms with Crippen LogP contribution in [0.2, 0.25) is 0 Å². The molecule has 3 rings (SSSR count). The number of ether oxygens (including phenoxy) is 1. The minimum absolute atomic E-state index is 0.270. The molecule has 0 spiro atoms. The molecule has 0 amide bonds. The predicted octanol–water partition coefficient (Wildman–Crippen LogP) is 4.23. The fourth-order valence-corrected chi connectivity index (χ4v) is 2.49. The van der Waals surface area contributed by atoms with Crippen LogP contribution in [0.4, 0.5) is 18.9 Å². The molecule has 1 heterocycles. The quantitative estimate of drug-likeness (QED) is 0.730. The van der Waals surface area contributed by atoms with Crippen LogP contribution in [-0.2, 0) is 7.05 Å². The lowest BCUT2D eigenvalue weighted by Crippen LogP contribution is -2.17. The molecule has 0 saturated heterocycles. The second-order valence-corrected chi connectivity index (χ2v) is 5.25. The topological polar surface area (TPSA) is 53.1 Å². The zero-order valence-electron chi connectivity index (χ0n) is 12.7. The van der Waals surface area contributed by atoms with Gasteiger partial charge in [0.1, 0.15) is 5.75 Å². The number of anilines is 1. The summed E-state index contributed by atoms with van der Waals surface area (Å²) in [6.07, 6.45) is -1.46. The average molecular weight is 333 g/mol. The first-order valence-corrected chi connectivity index (χ1v) is 7.07. The lowest BCUT2D eigenvalue weighted by Gasteiger charge is -2.16. The van der Waals surface area contributed by atoms with Crippen LogP contribution < -0.4 is 10.5 Å². The van der Waals surface area contributed by atoms with Crippen molar-refractivity contribution < 1.29 is 17.9 Å². The first kappa shape index (κ1) is 15.9. The van der Waals surface area contributed by atoms with Crippen LogP contribution in [0.25, 0.3) is 22.3 Å². The number of nitrogens with two attached hydrogens (primary N) is 1. The Morgan fingerprint density at radius 3 is 2.33 bits per heavy atom. The number of nitrogens with zero attached hydrogens (tertiary/aromatic N) is 2. The molecule has 0 bridgehead atoms. The van der Waals surface area contributed by atoms with Crippen molar-refractivity contribution in [2.45, 2.75) is 6.36 Å². The number of halogens is 3. The molecule has 0 fully saturated rings. The van der Waals surface area contributed by atoms with Crippen molar-refractivity contribution in [2.75, 3.05) is 5.73 Å². The molecule has 0 saturated carbocycles. The lowest BCUT2D eigenvalue weighted by molar-refractivity contribution is -0.274. The van der Waals surface area contributed by atoms with Gasteiger partial charge in [-0.1, -0.05) is 24.3 Å². The number of aromatic nitrogens is 2. The maximum absolute atomic E-state index is 12.8. The smallest absolute Gasteiger partial charge is 0.405 e. The van der Waals surface area contributed by atoms with Gasteiger partial charge in [0.25, 0.3) is 0 Å². The molecule has 4 nitrogen and oxygen atoms in total. The van der Waals surface area contributed by atoms with Gasteiger partial charge in [-0.2, -0.15) is 5.10 Å². The fourth-order valence-electron chi connectivity index (χ4n) is 2.49. The van der Waals surface area contributed by atoms with E-state index in [9.17, 15) is 13.2 Å². The highest BCUT2D eigenvalue weighted by Gasteiger charge is 2.32. The summed E-state index contributed by atoms with van der Waals surface area (Å²) >= 11 is 0. The van der Waals surface area contributed by atoms with E-state index in [0.29, 0.717) is 27.9 Å². The van der Waals surface area contributed by atoms with Gasteiger partial charge in [-0.3, -0.25) is 4.68 Å². The summed E-state index contributed by atoms with van der Waals surface area (Å²) in [5.74, 6) is -0.270. The monoisotopic (exact) mass is 333 g/mol. The van der Waals surface area contributed by atoms with Gasteiger partial charge in [0.05, 0.1) is 6.20 Å². The van der Waals surface area contributed by atoms with Gasteiger partial charge >= 0.3 is 6.36 Å². The highest BCUT2D eigenvalue weighted by molar-refractivity contribution is 5.87. The minimum atomic E-state index is -4.78. The van der Waals surface area contributed by atoms with Crippen LogP contribution in [-0.4, -0.2) is 16.1 Å². The Labute approximate surface area is 136 Å². The highest BCUT2D eigenvalue weighted by atomic mass is 19.4. The van der Waals surface area contributed by atoms with Crippen molar-refractivity contribution in [3.8, 4) is 28.0 Å². The standard InChI is InChI=1S/C17H14F3N3O/c1-23-10-12(9-22-23)14-3-2-4-15(24-17(18,19)20)16(14)11-5-7-13(21)8-6-11/h2-10H,21H2,1H3. The molecule has 0 aliphatic carbocycles. The Morgan fingerprint density at radius 2 is 1.75 bits per heavy atom. The van der Waals surface area contributed by atoms with Crippen molar-refractivity contribution in [2.24, 2.45) is 7.05 Å². The third-order valence-electron chi connectivity index (χ3n) is 3.47. The Balaban J connectivity index is 2.22. The summed E-state index contributed by atoms with van der Waals surface area (Å²) in [5, 5.41) is 4.08. The van der Waals surface area contributed by atoms with Crippen LogP contribution in [0.15, 0.2) is 54.9 Å². The Kier molecular flexibility index (Phi) is 3.92. The number of rotatable bonds is 3. The largest absolute Gasteiger partial charge is 0.573 e. The molecule has 2 N–H and O–H groups in total. The molecular weight excluding hydrogens is 319 g/mol. The predicted molar refractivity (Wildman–Crippen MR) is 85.2 cm³/mol. The molecule has 2 aromatic carbocycles. The number of hydrogen-bond acceptors (Lipinski definition) is 3. The van der Waals surface area contributed by atoms with Crippen molar-refractivity contribution in [1.82, 2.24) is 9.78 Å². The van der Waals surface area contributed by atoms with Crippen LogP contribution in [0, 0.1) is 0 Å². The molecule has 0 unspecified atom stereocenters. The zero-order chi connectivity index (χ0) is 17.3. The van der Waals surface area contributed by atoms with Crippen LogP contribution in [0.3, 0.4) is 0 Å². The summed E-state index contributed by atoms with van der Waals surface area (Å²) < 4.78 is 44.2. The van der Waals surface area contributed by atoms with E-state index in [1.807, 2.05) is 0 Å². The molecule has 0 atom stereocenters. The van der Waals surface area contributed by atoms with Gasteiger partial charge in [0, 0.05) is 30.1 Å². The molecule has 0 aliphatic rings. The minimum Gasteiger partial charge on any atom is -0.405 e. The summed E-state index contributed by atoms with van der Waals surface area (Å²) in [4.78, 5) is 0. The van der Waals surface area contributed by atoms with Crippen molar-refractivity contribution >= 4 is 5.69 Å². The van der Waals surface area contributed by atoms with Crippen LogP contribution in [0.5, 0.6) is 5.75 Å². The molecule has 1 aromatic heterocycles. The van der Waals surface area contributed by atoms with Gasteiger partial charge in [-0.15, -0.1) is 13.2 Å². The number of aryl methyl sites for hydroxylation is 1. The Hall–Kier alpha value is -2.96. The van der Waals surface area contributed by atoms with E-state index in [0.717, 1.165) is 0 Å². The number of hydrogen-bond donors (Lipinski definition) is 1. The lowest BCUT2D eigenvalue weighted by atomic mass is 9.95. The van der Waals surface area contributed by atoms with E-state index in [4.69, 9.17) is 5.73 Å². The van der Waals surface area contributed by atoms with Gasteiger partial charge in [0.15, 0.2) is 0 Å². The normalized spacial score (nSPS) is 11.5. The van der Waals surface area contributed by atoms with Gasteiger partial charge in [-0.25, -0.2) is 0 Å². The SMILES string of the molecule is Cn1cc(-c2cccc(OC(F)(F)F)c2-c2ccc(N)cc2)cn1. The maximum atomic E-state index is 12.8. The van der Waals surface area contributed by atoms with Crippen LogP contribution in [0.1, 0.15) is 0 Å². The van der Waals surface area contributed by atoms with Gasteiger partial charge < -0.3 is 10.5 Å². The number of nitrogen functional groups attached to an aromatic ring is 1. The number of alkyl halides is 3. The fraction of sp³-hybridized carbons (Fsp3) is 0.118. The van der Waals surface area contributed by atoms with Gasteiger partial charge in [0.2, 0.25) is 0 Å². The van der Waals surface area contributed by atoms with Crippen molar-refractivity contribution in [3.05, 3.63) is 54.9 Å². The van der Waals surface area contributed by atoms with Crippen LogP contribution >= 0.6 is 0 Å². The molecule has 7 heteroatoms.